The molecule has 0 spiro atoms. The highest BCUT2D eigenvalue weighted by Gasteiger charge is 2.03. The van der Waals surface area contributed by atoms with Crippen LogP contribution in [0.2, 0.25) is 0 Å². The molecule has 0 heterocycles. The highest BCUT2D eigenvalue weighted by atomic mass is 35.5. The van der Waals surface area contributed by atoms with Crippen LogP contribution in [0.1, 0.15) is 30.9 Å². The SMILES string of the molecule is Cc1ccc(C(C)C)cc1OCCN.Cl. The van der Waals surface area contributed by atoms with Crippen molar-refractivity contribution in [1.82, 2.24) is 0 Å². The zero-order chi connectivity index (χ0) is 10.6. The van der Waals surface area contributed by atoms with E-state index in [0.717, 1.165) is 5.75 Å². The minimum atomic E-state index is 0. The van der Waals surface area contributed by atoms with Crippen molar-refractivity contribution in [3.05, 3.63) is 29.3 Å². The molecule has 1 rings (SSSR count). The van der Waals surface area contributed by atoms with Crippen molar-refractivity contribution in [3.63, 3.8) is 0 Å². The Kier molecular flexibility index (Phi) is 6.37. The Morgan fingerprint density at radius 1 is 1.33 bits per heavy atom. The quantitative estimate of drug-likeness (QED) is 0.862. The highest BCUT2D eigenvalue weighted by Crippen LogP contribution is 2.23. The summed E-state index contributed by atoms with van der Waals surface area (Å²) in [7, 11) is 0. The van der Waals surface area contributed by atoms with Crippen LogP contribution >= 0.6 is 12.4 Å². The van der Waals surface area contributed by atoms with Gasteiger partial charge in [-0.15, -0.1) is 12.4 Å². The first-order valence-electron chi connectivity index (χ1n) is 5.08. The molecule has 2 nitrogen and oxygen atoms in total. The van der Waals surface area contributed by atoms with E-state index >= 15 is 0 Å². The molecule has 0 bridgehead atoms. The summed E-state index contributed by atoms with van der Waals surface area (Å²) in [5.74, 6) is 1.50. The Morgan fingerprint density at radius 3 is 2.53 bits per heavy atom. The van der Waals surface area contributed by atoms with Crippen LogP contribution in [0.3, 0.4) is 0 Å². The molecule has 86 valence electrons. The maximum Gasteiger partial charge on any atom is 0.122 e. The topological polar surface area (TPSA) is 35.2 Å². The molecule has 0 aromatic heterocycles. The molecule has 1 aromatic rings. The van der Waals surface area contributed by atoms with Crippen LogP contribution in [-0.4, -0.2) is 13.2 Å². The van der Waals surface area contributed by atoms with E-state index < -0.39 is 0 Å². The molecule has 0 aliphatic carbocycles. The van der Waals surface area contributed by atoms with Crippen LogP contribution in [-0.2, 0) is 0 Å². The standard InChI is InChI=1S/C12H19NO.ClH/c1-9(2)11-5-4-10(3)12(8-11)14-7-6-13;/h4-5,8-9H,6-7,13H2,1-3H3;1H. The van der Waals surface area contributed by atoms with Crippen LogP contribution in [0, 0.1) is 6.92 Å². The average Bonchev–Trinajstić information content (AvgIpc) is 2.16. The third-order valence-electron chi connectivity index (χ3n) is 2.25. The molecule has 0 aliphatic rings. The summed E-state index contributed by atoms with van der Waals surface area (Å²) in [5.41, 5.74) is 7.88. The molecule has 15 heavy (non-hydrogen) atoms. The third-order valence-corrected chi connectivity index (χ3v) is 2.25. The number of nitrogens with two attached hydrogens (primary N) is 1. The lowest BCUT2D eigenvalue weighted by molar-refractivity contribution is 0.325. The van der Waals surface area contributed by atoms with Crippen molar-refractivity contribution >= 4 is 12.4 Å². The van der Waals surface area contributed by atoms with E-state index in [1.165, 1.54) is 11.1 Å². The molecule has 0 unspecified atom stereocenters. The van der Waals surface area contributed by atoms with Gasteiger partial charge in [0, 0.05) is 6.54 Å². The largest absolute Gasteiger partial charge is 0.492 e. The number of hydrogen-bond donors (Lipinski definition) is 1. The molecule has 2 N–H and O–H groups in total. The predicted molar refractivity (Wildman–Crippen MR) is 67.1 cm³/mol. The highest BCUT2D eigenvalue weighted by molar-refractivity contribution is 5.85. The van der Waals surface area contributed by atoms with Gasteiger partial charge in [0.05, 0.1) is 0 Å². The molecule has 0 amide bonds. The molecular weight excluding hydrogens is 210 g/mol. The summed E-state index contributed by atoms with van der Waals surface area (Å²) in [4.78, 5) is 0. The second kappa shape index (κ2) is 6.70. The van der Waals surface area contributed by atoms with E-state index in [-0.39, 0.29) is 12.4 Å². The van der Waals surface area contributed by atoms with E-state index in [0.29, 0.717) is 19.1 Å². The van der Waals surface area contributed by atoms with Crippen molar-refractivity contribution in [2.45, 2.75) is 26.7 Å². The van der Waals surface area contributed by atoms with Crippen LogP contribution in [0.5, 0.6) is 5.75 Å². The van der Waals surface area contributed by atoms with E-state index in [1.807, 2.05) is 0 Å². The van der Waals surface area contributed by atoms with Crippen LogP contribution in [0.25, 0.3) is 0 Å². The number of benzene rings is 1. The van der Waals surface area contributed by atoms with Crippen LogP contribution in [0.15, 0.2) is 18.2 Å². The van der Waals surface area contributed by atoms with Gasteiger partial charge in [-0.25, -0.2) is 0 Å². The lowest BCUT2D eigenvalue weighted by Crippen LogP contribution is -2.11. The van der Waals surface area contributed by atoms with Gasteiger partial charge in [0.2, 0.25) is 0 Å². The van der Waals surface area contributed by atoms with E-state index in [9.17, 15) is 0 Å². The fraction of sp³-hybridized carbons (Fsp3) is 0.500. The molecule has 1 aromatic carbocycles. The molecule has 0 fully saturated rings. The minimum absolute atomic E-state index is 0. The summed E-state index contributed by atoms with van der Waals surface area (Å²) in [5, 5.41) is 0. The Morgan fingerprint density at radius 2 is 2.00 bits per heavy atom. The fourth-order valence-electron chi connectivity index (χ4n) is 1.30. The molecule has 0 radical (unpaired) electrons. The smallest absolute Gasteiger partial charge is 0.122 e. The Labute approximate surface area is 98.2 Å². The minimum Gasteiger partial charge on any atom is -0.492 e. The van der Waals surface area contributed by atoms with Gasteiger partial charge >= 0.3 is 0 Å². The molecule has 0 atom stereocenters. The molecule has 3 heteroatoms. The number of hydrogen-bond acceptors (Lipinski definition) is 2. The van der Waals surface area contributed by atoms with Gasteiger partial charge in [-0.05, 0) is 30.0 Å². The summed E-state index contributed by atoms with van der Waals surface area (Å²) < 4.78 is 5.55. The van der Waals surface area contributed by atoms with E-state index in [4.69, 9.17) is 10.5 Å². The Bertz CT molecular complexity index is 300. The number of ether oxygens (including phenoxy) is 1. The van der Waals surface area contributed by atoms with Crippen molar-refractivity contribution < 1.29 is 4.74 Å². The van der Waals surface area contributed by atoms with Gasteiger partial charge in [0.1, 0.15) is 12.4 Å². The first-order chi connectivity index (χ1) is 6.65. The monoisotopic (exact) mass is 229 g/mol. The normalized spacial score (nSPS) is 9.93. The maximum absolute atomic E-state index is 5.55. The second-order valence-electron chi connectivity index (χ2n) is 3.82. The lowest BCUT2D eigenvalue weighted by atomic mass is 10.0. The third kappa shape index (κ3) is 4.10. The number of halogens is 1. The fourth-order valence-corrected chi connectivity index (χ4v) is 1.30. The van der Waals surface area contributed by atoms with Gasteiger partial charge in [-0.3, -0.25) is 0 Å². The maximum atomic E-state index is 5.55. The zero-order valence-corrected chi connectivity index (χ0v) is 10.4. The number of aryl methyl sites for hydroxylation is 1. The van der Waals surface area contributed by atoms with Gasteiger partial charge in [0.25, 0.3) is 0 Å². The summed E-state index contributed by atoms with van der Waals surface area (Å²) in [6.45, 7) is 7.55. The second-order valence-corrected chi connectivity index (χ2v) is 3.82. The van der Waals surface area contributed by atoms with E-state index in [1.54, 1.807) is 0 Å². The lowest BCUT2D eigenvalue weighted by Gasteiger charge is -2.11. The molecular formula is C12H20ClNO. The van der Waals surface area contributed by atoms with E-state index in [2.05, 4.69) is 39.0 Å². The van der Waals surface area contributed by atoms with Crippen molar-refractivity contribution in [3.8, 4) is 5.75 Å². The van der Waals surface area contributed by atoms with Gasteiger partial charge in [0.15, 0.2) is 0 Å². The summed E-state index contributed by atoms with van der Waals surface area (Å²) in [6.07, 6.45) is 0. The molecule has 0 aliphatic heterocycles. The van der Waals surface area contributed by atoms with Crippen LogP contribution in [0.4, 0.5) is 0 Å². The van der Waals surface area contributed by atoms with Gasteiger partial charge < -0.3 is 10.5 Å². The van der Waals surface area contributed by atoms with Crippen LogP contribution < -0.4 is 10.5 Å². The van der Waals surface area contributed by atoms with Crippen molar-refractivity contribution in [2.75, 3.05) is 13.2 Å². The van der Waals surface area contributed by atoms with Crippen molar-refractivity contribution in [2.24, 2.45) is 5.73 Å². The van der Waals surface area contributed by atoms with Crippen molar-refractivity contribution in [1.29, 1.82) is 0 Å². The first-order valence-corrected chi connectivity index (χ1v) is 5.08. The molecule has 0 saturated heterocycles. The van der Waals surface area contributed by atoms with Gasteiger partial charge in [-0.2, -0.15) is 0 Å². The average molecular weight is 230 g/mol. The Balaban J connectivity index is 0.00000196. The number of rotatable bonds is 4. The molecule has 0 saturated carbocycles. The Hall–Kier alpha value is -0.730. The zero-order valence-electron chi connectivity index (χ0n) is 9.62. The predicted octanol–water partition coefficient (Wildman–Crippen LogP) is 2.88. The summed E-state index contributed by atoms with van der Waals surface area (Å²) in [6, 6.07) is 6.35. The van der Waals surface area contributed by atoms with Gasteiger partial charge in [-0.1, -0.05) is 26.0 Å². The first kappa shape index (κ1) is 14.3. The summed E-state index contributed by atoms with van der Waals surface area (Å²) >= 11 is 0.